The first-order chi connectivity index (χ1) is 14.5. The maximum Gasteiger partial charge on any atom is 0.227 e. The van der Waals surface area contributed by atoms with Crippen molar-refractivity contribution in [2.24, 2.45) is 0 Å². The second kappa shape index (κ2) is 10.9. The monoisotopic (exact) mass is 441 g/mol. The molecule has 1 N–H and O–H groups in total. The Morgan fingerprint density at radius 2 is 1.87 bits per heavy atom. The fraction of sp³-hybridized carbons (Fsp3) is 0.435. The largest absolute Gasteiger partial charge is 0.324 e. The highest BCUT2D eigenvalue weighted by atomic mass is 32.2. The van der Waals surface area contributed by atoms with Crippen molar-refractivity contribution in [3.8, 4) is 10.7 Å². The van der Waals surface area contributed by atoms with Gasteiger partial charge in [-0.3, -0.25) is 0 Å². The number of benzene rings is 1. The molecular weight excluding hydrogens is 410 g/mol. The van der Waals surface area contributed by atoms with Crippen LogP contribution in [0.2, 0.25) is 0 Å². The Morgan fingerprint density at radius 3 is 2.57 bits per heavy atom. The van der Waals surface area contributed by atoms with Crippen LogP contribution in [-0.4, -0.2) is 39.7 Å². The van der Waals surface area contributed by atoms with Crippen LogP contribution in [0, 0.1) is 13.8 Å². The number of aromatic nitrogens is 3. The van der Waals surface area contributed by atoms with Crippen LogP contribution in [0.25, 0.3) is 10.7 Å². The summed E-state index contributed by atoms with van der Waals surface area (Å²) in [5.74, 6) is 0.594. The summed E-state index contributed by atoms with van der Waals surface area (Å²) in [6.07, 6.45) is 7.67. The molecule has 1 aromatic carbocycles. The smallest absolute Gasteiger partial charge is 0.227 e. The van der Waals surface area contributed by atoms with Crippen molar-refractivity contribution in [3.63, 3.8) is 0 Å². The average Bonchev–Trinajstić information content (AvgIpc) is 3.10. The lowest BCUT2D eigenvalue weighted by Crippen LogP contribution is -2.19. The van der Waals surface area contributed by atoms with E-state index in [0.717, 1.165) is 35.2 Å². The topological polar surface area (TPSA) is 53.9 Å². The number of unbranched alkanes of at least 4 members (excludes halogenated alkanes) is 2. The molecule has 0 fully saturated rings. The molecule has 2 heterocycles. The molecule has 30 heavy (non-hydrogen) atoms. The lowest BCUT2D eigenvalue weighted by Gasteiger charge is -2.15. The highest BCUT2D eigenvalue weighted by molar-refractivity contribution is 8.00. The van der Waals surface area contributed by atoms with Crippen LogP contribution >= 0.6 is 23.1 Å². The number of anilines is 2. The molecule has 3 aromatic rings. The van der Waals surface area contributed by atoms with E-state index in [9.17, 15) is 0 Å². The molecule has 0 saturated carbocycles. The van der Waals surface area contributed by atoms with E-state index in [0.29, 0.717) is 5.95 Å². The summed E-state index contributed by atoms with van der Waals surface area (Å²) in [5, 5.41) is 4.28. The van der Waals surface area contributed by atoms with Gasteiger partial charge < -0.3 is 10.2 Å². The summed E-state index contributed by atoms with van der Waals surface area (Å²) in [6, 6.07) is 8.29. The Labute approximate surface area is 188 Å². The van der Waals surface area contributed by atoms with Gasteiger partial charge in [-0.2, -0.15) is 0 Å². The van der Waals surface area contributed by atoms with Crippen LogP contribution in [0.3, 0.4) is 0 Å². The number of aryl methyl sites for hydroxylation is 2. The molecule has 0 atom stereocenters. The minimum absolute atomic E-state index is 0.594. The first-order valence-corrected chi connectivity index (χ1v) is 12.4. The summed E-state index contributed by atoms with van der Waals surface area (Å²) >= 11 is 3.47. The van der Waals surface area contributed by atoms with Gasteiger partial charge in [0.2, 0.25) is 5.95 Å². The van der Waals surface area contributed by atoms with Gasteiger partial charge in [-0.1, -0.05) is 25.8 Å². The molecular formula is C23H31N5S2. The van der Waals surface area contributed by atoms with E-state index in [1.165, 1.54) is 34.6 Å². The quantitative estimate of drug-likeness (QED) is 0.294. The minimum atomic E-state index is 0.594. The highest BCUT2D eigenvalue weighted by Crippen LogP contribution is 2.34. The number of hydrogen-bond acceptors (Lipinski definition) is 7. The lowest BCUT2D eigenvalue weighted by atomic mass is 10.1. The first kappa shape index (κ1) is 22.7. The molecule has 3 rings (SSSR count). The van der Waals surface area contributed by atoms with Crippen molar-refractivity contribution in [1.82, 2.24) is 19.9 Å². The van der Waals surface area contributed by atoms with Gasteiger partial charge in [-0.25, -0.2) is 15.0 Å². The molecule has 0 aliphatic carbocycles. The predicted molar refractivity (Wildman–Crippen MR) is 130 cm³/mol. The Hall–Kier alpha value is -1.96. The maximum absolute atomic E-state index is 4.93. The van der Waals surface area contributed by atoms with E-state index < -0.39 is 0 Å². The number of nitrogens with zero attached hydrogens (tertiary/aromatic N) is 4. The molecule has 0 amide bonds. The van der Waals surface area contributed by atoms with Crippen molar-refractivity contribution < 1.29 is 0 Å². The van der Waals surface area contributed by atoms with E-state index in [1.54, 1.807) is 29.3 Å². The average molecular weight is 442 g/mol. The van der Waals surface area contributed by atoms with Crippen molar-refractivity contribution in [2.75, 3.05) is 25.2 Å². The summed E-state index contributed by atoms with van der Waals surface area (Å²) < 4.78 is 1.26. The summed E-state index contributed by atoms with van der Waals surface area (Å²) in [5.41, 5.74) is 5.43. The van der Waals surface area contributed by atoms with Gasteiger partial charge >= 0.3 is 0 Å². The number of nitrogens with one attached hydrogen (secondary N) is 1. The van der Waals surface area contributed by atoms with Gasteiger partial charge in [0, 0.05) is 18.4 Å². The van der Waals surface area contributed by atoms with Gasteiger partial charge in [0.05, 0.1) is 9.90 Å². The predicted octanol–water partition coefficient (Wildman–Crippen LogP) is 6.30. The molecule has 0 spiro atoms. The molecule has 0 aliphatic heterocycles. The molecule has 0 aliphatic rings. The normalized spacial score (nSPS) is 11.3. The lowest BCUT2D eigenvalue weighted by molar-refractivity contribution is 0.313. The zero-order valence-corrected chi connectivity index (χ0v) is 20.2. The second-order valence-corrected chi connectivity index (χ2v) is 9.74. The third-order valence-electron chi connectivity index (χ3n) is 4.76. The van der Waals surface area contributed by atoms with Crippen molar-refractivity contribution >= 4 is 34.7 Å². The highest BCUT2D eigenvalue weighted by Gasteiger charge is 2.15. The fourth-order valence-corrected chi connectivity index (χ4v) is 5.08. The number of rotatable bonds is 10. The van der Waals surface area contributed by atoms with Gasteiger partial charge in [-0.05, 0) is 69.4 Å². The molecule has 0 saturated heterocycles. The molecule has 0 bridgehead atoms. The SMILES string of the molecule is CCCCCN(C)Cc1nc(-c2ccnc(Nc3cc(C)cc(C)c3)n2)sc1SC. The number of thiazole rings is 1. The van der Waals surface area contributed by atoms with Crippen LogP contribution in [0.4, 0.5) is 11.6 Å². The van der Waals surface area contributed by atoms with Crippen LogP contribution in [0.1, 0.15) is 43.0 Å². The van der Waals surface area contributed by atoms with Gasteiger partial charge in [0.25, 0.3) is 0 Å². The molecule has 160 valence electrons. The molecule has 2 aromatic heterocycles. The van der Waals surface area contributed by atoms with E-state index in [-0.39, 0.29) is 0 Å². The maximum atomic E-state index is 4.93. The minimum Gasteiger partial charge on any atom is -0.324 e. The zero-order chi connectivity index (χ0) is 21.5. The van der Waals surface area contributed by atoms with Gasteiger partial charge in [0.1, 0.15) is 10.7 Å². The third-order valence-corrected chi connectivity index (χ3v) is 7.03. The van der Waals surface area contributed by atoms with Crippen LogP contribution < -0.4 is 5.32 Å². The zero-order valence-electron chi connectivity index (χ0n) is 18.5. The summed E-state index contributed by atoms with van der Waals surface area (Å²) in [6.45, 7) is 8.40. The van der Waals surface area contributed by atoms with Crippen LogP contribution in [0.15, 0.2) is 34.7 Å². The van der Waals surface area contributed by atoms with Crippen LogP contribution in [0.5, 0.6) is 0 Å². The Balaban J connectivity index is 1.77. The summed E-state index contributed by atoms with van der Waals surface area (Å²) in [7, 11) is 2.18. The van der Waals surface area contributed by atoms with Crippen molar-refractivity contribution in [3.05, 3.63) is 47.3 Å². The van der Waals surface area contributed by atoms with Crippen molar-refractivity contribution in [1.29, 1.82) is 0 Å². The number of hydrogen-bond donors (Lipinski definition) is 1. The second-order valence-electron chi connectivity index (χ2n) is 7.67. The Kier molecular flexibility index (Phi) is 8.24. The Bertz CT molecular complexity index is 950. The first-order valence-electron chi connectivity index (χ1n) is 10.4. The summed E-state index contributed by atoms with van der Waals surface area (Å²) in [4.78, 5) is 16.4. The van der Waals surface area contributed by atoms with E-state index in [2.05, 4.69) is 67.5 Å². The van der Waals surface area contributed by atoms with E-state index in [1.807, 2.05) is 6.07 Å². The van der Waals surface area contributed by atoms with E-state index in [4.69, 9.17) is 9.97 Å². The number of thioether (sulfide) groups is 1. The fourth-order valence-electron chi connectivity index (χ4n) is 3.39. The third kappa shape index (κ3) is 6.27. The van der Waals surface area contributed by atoms with Gasteiger partial charge in [0.15, 0.2) is 0 Å². The standard InChI is InChI=1S/C23H31N5S2/c1-6-7-8-11-28(4)15-20-22(29-5)30-21(26-20)19-9-10-24-23(27-19)25-18-13-16(2)12-17(3)14-18/h9-10,12-14H,6-8,11,15H2,1-5H3,(H,24,25,27). The van der Waals surface area contributed by atoms with Crippen molar-refractivity contribution in [2.45, 2.75) is 50.8 Å². The molecule has 0 radical (unpaired) electrons. The van der Waals surface area contributed by atoms with E-state index >= 15 is 0 Å². The molecule has 0 unspecified atom stereocenters. The van der Waals surface area contributed by atoms with Gasteiger partial charge in [-0.15, -0.1) is 23.1 Å². The van der Waals surface area contributed by atoms with Crippen LogP contribution in [-0.2, 0) is 6.54 Å². The molecule has 7 heteroatoms. The molecule has 5 nitrogen and oxygen atoms in total. The Morgan fingerprint density at radius 1 is 1.10 bits per heavy atom.